The van der Waals surface area contributed by atoms with Crippen LogP contribution >= 0.6 is 22.9 Å². The molecule has 0 fully saturated rings. The number of thiazole rings is 1. The third-order valence-corrected chi connectivity index (χ3v) is 4.80. The number of nitrogens with zero attached hydrogens (tertiary/aromatic N) is 1. The summed E-state index contributed by atoms with van der Waals surface area (Å²) in [5.41, 5.74) is 1.50. The van der Waals surface area contributed by atoms with Crippen molar-refractivity contribution in [2.45, 2.75) is 33.2 Å². The maximum absolute atomic E-state index is 12.4. The van der Waals surface area contributed by atoms with Crippen molar-refractivity contribution >= 4 is 34.8 Å². The van der Waals surface area contributed by atoms with Gasteiger partial charge in [-0.15, -0.1) is 11.3 Å². The normalized spacial score (nSPS) is 11.8. The number of halogens is 1. The van der Waals surface area contributed by atoms with Gasteiger partial charge in [-0.1, -0.05) is 30.7 Å². The van der Waals surface area contributed by atoms with E-state index in [-0.39, 0.29) is 11.8 Å². The highest BCUT2D eigenvalue weighted by Gasteiger charge is 2.20. The molecule has 0 saturated heterocycles. The van der Waals surface area contributed by atoms with Crippen molar-refractivity contribution in [2.24, 2.45) is 0 Å². The highest BCUT2D eigenvalue weighted by molar-refractivity contribution is 7.17. The summed E-state index contributed by atoms with van der Waals surface area (Å²) >= 11 is 7.29. The van der Waals surface area contributed by atoms with E-state index in [9.17, 15) is 9.59 Å². The quantitative estimate of drug-likeness (QED) is 0.824. The molecule has 1 aromatic carbocycles. The molecular formula is C17H20ClN3O2S. The van der Waals surface area contributed by atoms with Gasteiger partial charge in [0.2, 0.25) is 5.91 Å². The number of hydrogen-bond acceptors (Lipinski definition) is 4. The maximum Gasteiger partial charge on any atom is 0.263 e. The fourth-order valence-electron chi connectivity index (χ4n) is 2.08. The number of carbonyl (C=O) groups is 2. The Kier molecular flexibility index (Phi) is 6.34. The molecule has 7 heteroatoms. The maximum atomic E-state index is 12.4. The first-order valence-electron chi connectivity index (χ1n) is 7.74. The minimum atomic E-state index is -0.597. The van der Waals surface area contributed by atoms with Gasteiger partial charge in [0.25, 0.3) is 5.91 Å². The molecular weight excluding hydrogens is 346 g/mol. The standard InChI is InChI=1S/C17H20ClN3O2S/c1-4-8-19-15(22)11(3)20-16(23)14-10(2)21-17(24-14)12-6-5-7-13(18)9-12/h5-7,9,11H,4,8H2,1-3H3,(H,19,22)(H,20,23)/t11-/m1/s1. The van der Waals surface area contributed by atoms with Crippen molar-refractivity contribution in [1.29, 1.82) is 0 Å². The van der Waals surface area contributed by atoms with E-state index in [1.807, 2.05) is 25.1 Å². The second-order valence-electron chi connectivity index (χ2n) is 5.43. The average Bonchev–Trinajstić information content (AvgIpc) is 2.94. The Bertz CT molecular complexity index is 745. The van der Waals surface area contributed by atoms with E-state index in [1.165, 1.54) is 11.3 Å². The number of benzene rings is 1. The summed E-state index contributed by atoms with van der Waals surface area (Å²) in [7, 11) is 0. The summed E-state index contributed by atoms with van der Waals surface area (Å²) in [6.45, 7) is 6.01. The Balaban J connectivity index is 2.12. The smallest absolute Gasteiger partial charge is 0.263 e. The Labute approximate surface area is 150 Å². The van der Waals surface area contributed by atoms with Crippen LogP contribution in [-0.2, 0) is 4.79 Å². The molecule has 2 aromatic rings. The summed E-state index contributed by atoms with van der Waals surface area (Å²) in [6.07, 6.45) is 0.851. The van der Waals surface area contributed by atoms with Gasteiger partial charge in [-0.3, -0.25) is 9.59 Å². The molecule has 2 amide bonds. The van der Waals surface area contributed by atoms with E-state index in [4.69, 9.17) is 11.6 Å². The van der Waals surface area contributed by atoms with Crippen molar-refractivity contribution in [2.75, 3.05) is 6.54 Å². The van der Waals surface area contributed by atoms with Crippen molar-refractivity contribution in [3.05, 3.63) is 39.9 Å². The molecule has 24 heavy (non-hydrogen) atoms. The van der Waals surface area contributed by atoms with E-state index in [0.29, 0.717) is 22.1 Å². The van der Waals surface area contributed by atoms with Gasteiger partial charge in [0.1, 0.15) is 15.9 Å². The van der Waals surface area contributed by atoms with Crippen LogP contribution in [0.25, 0.3) is 10.6 Å². The summed E-state index contributed by atoms with van der Waals surface area (Å²) in [4.78, 5) is 29.2. The lowest BCUT2D eigenvalue weighted by atomic mass is 10.2. The first kappa shape index (κ1) is 18.4. The fraction of sp³-hybridized carbons (Fsp3) is 0.353. The molecule has 0 bridgehead atoms. The van der Waals surface area contributed by atoms with Gasteiger partial charge in [0, 0.05) is 17.1 Å². The Morgan fingerprint density at radius 3 is 2.79 bits per heavy atom. The van der Waals surface area contributed by atoms with E-state index in [1.54, 1.807) is 19.9 Å². The largest absolute Gasteiger partial charge is 0.354 e. The van der Waals surface area contributed by atoms with E-state index < -0.39 is 6.04 Å². The number of rotatable bonds is 6. The van der Waals surface area contributed by atoms with E-state index >= 15 is 0 Å². The molecule has 1 atom stereocenters. The van der Waals surface area contributed by atoms with Crippen molar-refractivity contribution in [1.82, 2.24) is 15.6 Å². The van der Waals surface area contributed by atoms with Gasteiger partial charge in [-0.25, -0.2) is 4.98 Å². The number of amides is 2. The molecule has 1 heterocycles. The van der Waals surface area contributed by atoms with Crippen LogP contribution in [0.4, 0.5) is 0 Å². The molecule has 5 nitrogen and oxygen atoms in total. The van der Waals surface area contributed by atoms with Crippen LogP contribution in [-0.4, -0.2) is 29.4 Å². The van der Waals surface area contributed by atoms with E-state index in [0.717, 1.165) is 17.0 Å². The number of carbonyl (C=O) groups excluding carboxylic acids is 2. The van der Waals surface area contributed by atoms with Crippen LogP contribution < -0.4 is 10.6 Å². The topological polar surface area (TPSA) is 71.1 Å². The molecule has 2 N–H and O–H groups in total. The second-order valence-corrected chi connectivity index (χ2v) is 6.87. The molecule has 0 spiro atoms. The average molecular weight is 366 g/mol. The minimum Gasteiger partial charge on any atom is -0.354 e. The lowest BCUT2D eigenvalue weighted by Gasteiger charge is -2.13. The number of aromatic nitrogens is 1. The Morgan fingerprint density at radius 2 is 2.12 bits per heavy atom. The molecule has 2 rings (SSSR count). The van der Waals surface area contributed by atoms with Gasteiger partial charge in [-0.2, -0.15) is 0 Å². The summed E-state index contributed by atoms with van der Waals surface area (Å²) in [5, 5.41) is 6.82. The number of hydrogen-bond donors (Lipinski definition) is 2. The predicted octanol–water partition coefficient (Wildman–Crippen LogP) is 3.42. The molecule has 128 valence electrons. The Hall–Kier alpha value is -1.92. The SMILES string of the molecule is CCCNC(=O)[C@@H](C)NC(=O)c1sc(-c2cccc(Cl)c2)nc1C. The predicted molar refractivity (Wildman–Crippen MR) is 97.5 cm³/mol. The fourth-order valence-corrected chi connectivity index (χ4v) is 3.24. The first-order valence-corrected chi connectivity index (χ1v) is 8.93. The van der Waals surface area contributed by atoms with Gasteiger partial charge in [0.15, 0.2) is 0 Å². The highest BCUT2D eigenvalue weighted by atomic mass is 35.5. The van der Waals surface area contributed by atoms with Gasteiger partial charge in [-0.05, 0) is 32.4 Å². The van der Waals surface area contributed by atoms with Crippen LogP contribution in [0.3, 0.4) is 0 Å². The summed E-state index contributed by atoms with van der Waals surface area (Å²) in [6, 6.07) is 6.74. The van der Waals surface area contributed by atoms with Gasteiger partial charge in [0.05, 0.1) is 5.69 Å². The van der Waals surface area contributed by atoms with Crippen LogP contribution in [0.1, 0.15) is 35.6 Å². The zero-order chi connectivity index (χ0) is 17.7. The minimum absolute atomic E-state index is 0.192. The van der Waals surface area contributed by atoms with Gasteiger partial charge < -0.3 is 10.6 Å². The highest BCUT2D eigenvalue weighted by Crippen LogP contribution is 2.29. The zero-order valence-corrected chi connectivity index (χ0v) is 15.4. The van der Waals surface area contributed by atoms with Crippen LogP contribution in [0.5, 0.6) is 0 Å². The summed E-state index contributed by atoms with van der Waals surface area (Å²) < 4.78 is 0. The van der Waals surface area contributed by atoms with E-state index in [2.05, 4.69) is 15.6 Å². The van der Waals surface area contributed by atoms with Crippen molar-refractivity contribution in [3.8, 4) is 10.6 Å². The van der Waals surface area contributed by atoms with Crippen LogP contribution in [0, 0.1) is 6.92 Å². The molecule has 0 aliphatic rings. The zero-order valence-electron chi connectivity index (χ0n) is 13.9. The lowest BCUT2D eigenvalue weighted by molar-refractivity contribution is -0.122. The third kappa shape index (κ3) is 4.55. The van der Waals surface area contributed by atoms with Crippen LogP contribution in [0.15, 0.2) is 24.3 Å². The second kappa shape index (κ2) is 8.26. The Morgan fingerprint density at radius 1 is 1.38 bits per heavy atom. The van der Waals surface area contributed by atoms with Gasteiger partial charge >= 0.3 is 0 Å². The monoisotopic (exact) mass is 365 g/mol. The molecule has 0 unspecified atom stereocenters. The van der Waals surface area contributed by atoms with Crippen molar-refractivity contribution < 1.29 is 9.59 Å². The number of nitrogens with one attached hydrogen (secondary N) is 2. The summed E-state index contributed by atoms with van der Waals surface area (Å²) in [5.74, 6) is -0.486. The number of aryl methyl sites for hydroxylation is 1. The lowest BCUT2D eigenvalue weighted by Crippen LogP contribution is -2.44. The molecule has 1 aromatic heterocycles. The molecule has 0 radical (unpaired) electrons. The third-order valence-electron chi connectivity index (χ3n) is 3.36. The van der Waals surface area contributed by atoms with Crippen molar-refractivity contribution in [3.63, 3.8) is 0 Å². The first-order chi connectivity index (χ1) is 11.4. The van der Waals surface area contributed by atoms with Crippen LogP contribution in [0.2, 0.25) is 5.02 Å². The molecule has 0 aliphatic heterocycles. The molecule has 0 aliphatic carbocycles. The molecule has 0 saturated carbocycles.